The van der Waals surface area contributed by atoms with E-state index in [9.17, 15) is 0 Å². The van der Waals surface area contributed by atoms with Gasteiger partial charge in [0.15, 0.2) is 17.5 Å². The Bertz CT molecular complexity index is 2170. The van der Waals surface area contributed by atoms with E-state index < -0.39 is 0 Å². The average molecular weight is 937 g/mol. The van der Waals surface area contributed by atoms with E-state index in [1.54, 1.807) is 34.0 Å². The van der Waals surface area contributed by atoms with Gasteiger partial charge in [-0.2, -0.15) is 0 Å². The number of aromatic nitrogens is 3. The topological polar surface area (TPSA) is 48.4 Å². The minimum atomic E-state index is 0.713. The lowest BCUT2D eigenvalue weighted by Gasteiger charge is -2.24. The number of unbranched alkanes of at least 4 members (excludes halogenated alkanes) is 6. The third kappa shape index (κ3) is 13.0. The van der Waals surface area contributed by atoms with Gasteiger partial charge in [0, 0.05) is 71.0 Å². The van der Waals surface area contributed by atoms with Gasteiger partial charge in [0.1, 0.15) is 0 Å². The molecule has 0 aliphatic heterocycles. The average Bonchev–Trinajstić information content (AvgIpc) is 4.18. The van der Waals surface area contributed by atoms with Crippen LogP contribution >= 0.6 is 34.0 Å². The Hall–Kier alpha value is -4.83. The smallest absolute Gasteiger partial charge is 0.174 e. The molecule has 7 rings (SSSR count). The molecule has 4 aromatic heterocycles. The standard InChI is InChI=1S/C57H72N6S3/c1-7-13-37-61(38-14-8-2)46-25-19-43(20-26-46)49-31-34-52(64-49)55-58-56(53-35-32-50(65-53)44-21-27-47(28-22-44)62(39-15-9-3)40-16-10-4)60-57(59-55)54-36-33-51(66-54)45-23-29-48(30-24-45)63(41-17-11-5)42-18-12-6/h19-36H,7-18,37-42H2,1-6H3. The number of nitrogens with zero attached hydrogens (tertiary/aromatic N) is 6. The van der Waals surface area contributed by atoms with E-state index in [-0.39, 0.29) is 0 Å². The molecular weight excluding hydrogens is 865 g/mol. The van der Waals surface area contributed by atoms with E-state index in [1.165, 1.54) is 125 Å². The predicted octanol–water partition coefficient (Wildman–Crippen LogP) is 17.3. The molecule has 3 aromatic carbocycles. The monoisotopic (exact) mass is 936 g/mol. The minimum absolute atomic E-state index is 0.713. The van der Waals surface area contributed by atoms with Crippen LogP contribution in [0.1, 0.15) is 119 Å². The van der Waals surface area contributed by atoms with Crippen LogP contribution in [0.25, 0.3) is 63.4 Å². The summed E-state index contributed by atoms with van der Waals surface area (Å²) >= 11 is 5.26. The van der Waals surface area contributed by atoms with E-state index >= 15 is 0 Å². The number of hydrogen-bond acceptors (Lipinski definition) is 9. The molecule has 9 heteroatoms. The number of thiophene rings is 3. The molecule has 0 aliphatic rings. The highest BCUT2D eigenvalue weighted by molar-refractivity contribution is 7.19. The molecule has 6 nitrogen and oxygen atoms in total. The second-order valence-corrected chi connectivity index (χ2v) is 20.8. The van der Waals surface area contributed by atoms with Crippen LogP contribution in [0.4, 0.5) is 17.1 Å². The third-order valence-corrected chi connectivity index (χ3v) is 15.7. The number of benzene rings is 3. The largest absolute Gasteiger partial charge is 0.372 e. The summed E-state index contributed by atoms with van der Waals surface area (Å²) in [5.74, 6) is 2.14. The van der Waals surface area contributed by atoms with Crippen molar-refractivity contribution in [2.75, 3.05) is 54.0 Å². The Kier molecular flexibility index (Phi) is 18.8. The first kappa shape index (κ1) is 49.1. The van der Waals surface area contributed by atoms with Gasteiger partial charge >= 0.3 is 0 Å². The van der Waals surface area contributed by atoms with Crippen LogP contribution in [0.5, 0.6) is 0 Å². The van der Waals surface area contributed by atoms with Crippen molar-refractivity contribution in [1.29, 1.82) is 0 Å². The molecule has 66 heavy (non-hydrogen) atoms. The van der Waals surface area contributed by atoms with Gasteiger partial charge in [-0.15, -0.1) is 34.0 Å². The van der Waals surface area contributed by atoms with Crippen molar-refractivity contribution < 1.29 is 0 Å². The molecule has 4 heterocycles. The number of hydrogen-bond donors (Lipinski definition) is 0. The lowest BCUT2D eigenvalue weighted by atomic mass is 10.1. The Morgan fingerprint density at radius 2 is 0.500 bits per heavy atom. The molecule has 0 N–H and O–H groups in total. The zero-order chi connectivity index (χ0) is 46.1. The fraction of sp³-hybridized carbons (Fsp3) is 0.421. The summed E-state index contributed by atoms with van der Waals surface area (Å²) in [4.78, 5) is 30.1. The number of anilines is 3. The van der Waals surface area contributed by atoms with E-state index in [2.05, 4.69) is 165 Å². The molecule has 0 bridgehead atoms. The predicted molar refractivity (Wildman–Crippen MR) is 292 cm³/mol. The normalized spacial score (nSPS) is 11.4. The first-order valence-electron chi connectivity index (χ1n) is 25.1. The molecule has 0 saturated carbocycles. The lowest BCUT2D eigenvalue weighted by molar-refractivity contribution is 0.678. The van der Waals surface area contributed by atoms with Crippen LogP contribution < -0.4 is 14.7 Å². The summed E-state index contributed by atoms with van der Waals surface area (Å²) in [7, 11) is 0. The van der Waals surface area contributed by atoms with E-state index in [1.807, 2.05) is 0 Å². The van der Waals surface area contributed by atoms with E-state index in [0.29, 0.717) is 17.5 Å². The summed E-state index contributed by atoms with van der Waals surface area (Å²) in [5.41, 5.74) is 7.58. The van der Waals surface area contributed by atoms with Crippen molar-refractivity contribution in [3.05, 3.63) is 109 Å². The highest BCUT2D eigenvalue weighted by atomic mass is 32.1. The van der Waals surface area contributed by atoms with Crippen LogP contribution in [0, 0.1) is 0 Å². The molecule has 0 amide bonds. The Morgan fingerprint density at radius 3 is 0.712 bits per heavy atom. The first-order valence-corrected chi connectivity index (χ1v) is 27.5. The fourth-order valence-corrected chi connectivity index (χ4v) is 11.1. The van der Waals surface area contributed by atoms with Gasteiger partial charge in [-0.3, -0.25) is 0 Å². The van der Waals surface area contributed by atoms with Crippen molar-refractivity contribution in [2.24, 2.45) is 0 Å². The SMILES string of the molecule is CCCCN(CCCC)c1ccc(-c2ccc(-c3nc(-c4ccc(-c5ccc(N(CCCC)CCCC)cc5)s4)nc(-c4ccc(-c5ccc(N(CCCC)CCCC)cc5)s4)n3)s2)cc1. The Morgan fingerprint density at radius 1 is 0.288 bits per heavy atom. The zero-order valence-electron chi connectivity index (χ0n) is 40.5. The molecule has 0 aliphatic carbocycles. The van der Waals surface area contributed by atoms with Crippen molar-refractivity contribution in [2.45, 2.75) is 119 Å². The lowest BCUT2D eigenvalue weighted by Crippen LogP contribution is -2.25. The van der Waals surface area contributed by atoms with Crippen LogP contribution in [0.2, 0.25) is 0 Å². The van der Waals surface area contributed by atoms with Gasteiger partial charge in [-0.25, -0.2) is 15.0 Å². The third-order valence-electron chi connectivity index (χ3n) is 12.4. The summed E-state index contributed by atoms with van der Waals surface area (Å²) in [5, 5.41) is 0. The van der Waals surface area contributed by atoms with Gasteiger partial charge in [0.05, 0.1) is 14.6 Å². The van der Waals surface area contributed by atoms with Crippen molar-refractivity contribution in [1.82, 2.24) is 15.0 Å². The molecule has 0 unspecified atom stereocenters. The minimum Gasteiger partial charge on any atom is -0.372 e. The van der Waals surface area contributed by atoms with Gasteiger partial charge in [0.25, 0.3) is 0 Å². The summed E-state index contributed by atoms with van der Waals surface area (Å²) in [6.07, 6.45) is 14.5. The van der Waals surface area contributed by atoms with Crippen LogP contribution in [-0.4, -0.2) is 54.2 Å². The maximum atomic E-state index is 5.22. The maximum Gasteiger partial charge on any atom is 0.174 e. The van der Waals surface area contributed by atoms with Crippen LogP contribution in [0.3, 0.4) is 0 Å². The maximum absolute atomic E-state index is 5.22. The quantitative estimate of drug-likeness (QED) is 0.0512. The van der Waals surface area contributed by atoms with Crippen molar-refractivity contribution >= 4 is 51.1 Å². The second kappa shape index (κ2) is 25.3. The fourth-order valence-electron chi connectivity index (χ4n) is 8.26. The van der Waals surface area contributed by atoms with E-state index in [4.69, 9.17) is 15.0 Å². The van der Waals surface area contributed by atoms with Crippen LogP contribution in [-0.2, 0) is 0 Å². The van der Waals surface area contributed by atoms with Gasteiger partial charge in [-0.1, -0.05) is 116 Å². The molecular formula is C57H72N6S3. The van der Waals surface area contributed by atoms with Gasteiger partial charge in [-0.05, 0) is 128 Å². The zero-order valence-corrected chi connectivity index (χ0v) is 43.0. The molecule has 0 fully saturated rings. The molecule has 0 radical (unpaired) electrons. The van der Waals surface area contributed by atoms with Crippen LogP contribution in [0.15, 0.2) is 109 Å². The highest BCUT2D eigenvalue weighted by Gasteiger charge is 2.19. The number of rotatable bonds is 27. The van der Waals surface area contributed by atoms with Crippen molar-refractivity contribution in [3.63, 3.8) is 0 Å². The summed E-state index contributed by atoms with van der Waals surface area (Å²) in [6.45, 7) is 20.3. The molecule has 0 atom stereocenters. The second-order valence-electron chi connectivity index (χ2n) is 17.5. The highest BCUT2D eigenvalue weighted by Crippen LogP contribution is 2.40. The molecule has 348 valence electrons. The molecule has 7 aromatic rings. The first-order chi connectivity index (χ1) is 32.4. The van der Waals surface area contributed by atoms with Gasteiger partial charge < -0.3 is 14.7 Å². The van der Waals surface area contributed by atoms with E-state index in [0.717, 1.165) is 53.9 Å². The Balaban J connectivity index is 1.19. The summed E-state index contributed by atoms with van der Waals surface area (Å²) in [6, 6.07) is 40.7. The Labute approximate surface area is 408 Å². The summed E-state index contributed by atoms with van der Waals surface area (Å²) < 4.78 is 0. The van der Waals surface area contributed by atoms with Gasteiger partial charge in [0.2, 0.25) is 0 Å². The van der Waals surface area contributed by atoms with Crippen molar-refractivity contribution in [3.8, 4) is 63.4 Å². The molecule has 0 spiro atoms. The molecule has 0 saturated heterocycles.